The van der Waals surface area contributed by atoms with Crippen LogP contribution in [0.15, 0.2) is 128 Å². The van der Waals surface area contributed by atoms with Crippen LogP contribution >= 0.6 is 0 Å². The normalized spacial score (nSPS) is 11.4. The van der Waals surface area contributed by atoms with Gasteiger partial charge in [-0.2, -0.15) is 0 Å². The van der Waals surface area contributed by atoms with Crippen LogP contribution in [0.4, 0.5) is 5.69 Å². The van der Waals surface area contributed by atoms with Crippen LogP contribution < -0.4 is 21.7 Å². The Hall–Kier alpha value is -5.64. The number of rotatable bonds is 13. The number of fused-ring (bicyclic) bond motifs is 2. The Bertz CT molecular complexity index is 1920. The first-order valence-electron chi connectivity index (χ1n) is 16.0. The highest BCUT2D eigenvalue weighted by Gasteiger charge is 2.20. The third kappa shape index (κ3) is 9.45. The fraction of sp³-hybridized carbons (Fsp3) is 0.179. The molecule has 0 spiro atoms. The summed E-state index contributed by atoms with van der Waals surface area (Å²) in [7, 11) is 0. The van der Waals surface area contributed by atoms with Gasteiger partial charge in [-0.25, -0.2) is 4.79 Å². The fourth-order valence-corrected chi connectivity index (χ4v) is 5.34. The number of hydrogen-bond donors (Lipinski definition) is 5. The summed E-state index contributed by atoms with van der Waals surface area (Å²) < 4.78 is 0. The average Bonchev–Trinajstić information content (AvgIpc) is 3.13. The van der Waals surface area contributed by atoms with E-state index >= 15 is 0 Å². The first-order chi connectivity index (χ1) is 23.5. The van der Waals surface area contributed by atoms with E-state index in [9.17, 15) is 14.7 Å². The van der Waals surface area contributed by atoms with Gasteiger partial charge in [0.15, 0.2) is 0 Å². The lowest BCUT2D eigenvalue weighted by Crippen LogP contribution is -2.41. The highest BCUT2D eigenvalue weighted by Crippen LogP contribution is 2.21. The number of hydrogen-bond acceptors (Lipinski definition) is 7. The standard InChI is InChI=1S/C28H29N5O3.C11H11N/c34-27(33-25(28(35)36)10-5-15-29-19-23-8-1-2-16-30-23)22-13-11-20(12-14-22)18-32-24-9-3-6-21-7-4-17-31-26(21)24;12-8-10-6-3-5-9-4-1-2-7-11(9)10/h1-4,6-9,11-14,16-17,25,29,32H,5,10,15,18-19H2,(H,33,34)(H,35,36);1-7H,8,12H2/t25-;/m0./s1. The SMILES string of the molecule is NCc1cccc2ccccc12.O=C(N[C@@H](CCCNCc1ccccn1)C(=O)O)c1ccc(CNc2cccc3cccnc23)cc1. The van der Waals surface area contributed by atoms with Crippen molar-refractivity contribution < 1.29 is 14.7 Å². The molecule has 0 radical (unpaired) electrons. The van der Waals surface area contributed by atoms with Gasteiger partial charge in [-0.3, -0.25) is 14.8 Å². The van der Waals surface area contributed by atoms with Crippen LogP contribution in [-0.2, 0) is 24.4 Å². The second-order valence-electron chi connectivity index (χ2n) is 11.3. The molecule has 9 nitrogen and oxygen atoms in total. The van der Waals surface area contributed by atoms with Crippen molar-refractivity contribution in [3.8, 4) is 0 Å². The van der Waals surface area contributed by atoms with Gasteiger partial charge in [-0.1, -0.05) is 78.9 Å². The summed E-state index contributed by atoms with van der Waals surface area (Å²) in [4.78, 5) is 33.0. The first kappa shape index (κ1) is 33.7. The van der Waals surface area contributed by atoms with Gasteiger partial charge >= 0.3 is 5.97 Å². The Kier molecular flexibility index (Phi) is 12.2. The number of carboxylic acids is 1. The molecule has 0 fully saturated rings. The number of pyridine rings is 2. The monoisotopic (exact) mass is 640 g/mol. The zero-order chi connectivity index (χ0) is 33.6. The predicted molar refractivity (Wildman–Crippen MR) is 191 cm³/mol. The highest BCUT2D eigenvalue weighted by molar-refractivity contribution is 5.96. The zero-order valence-electron chi connectivity index (χ0n) is 26.7. The van der Waals surface area contributed by atoms with Crippen LogP contribution in [0.25, 0.3) is 21.7 Å². The third-order valence-electron chi connectivity index (χ3n) is 7.91. The van der Waals surface area contributed by atoms with Crippen molar-refractivity contribution in [3.05, 3.63) is 150 Å². The highest BCUT2D eigenvalue weighted by atomic mass is 16.4. The molecule has 6 aromatic rings. The molecule has 4 aromatic carbocycles. The molecule has 9 heteroatoms. The van der Waals surface area contributed by atoms with Gasteiger partial charge in [0.1, 0.15) is 6.04 Å². The Balaban J connectivity index is 0.000000313. The van der Waals surface area contributed by atoms with Crippen molar-refractivity contribution in [2.45, 2.75) is 38.5 Å². The fourth-order valence-electron chi connectivity index (χ4n) is 5.34. The number of nitrogens with zero attached hydrogens (tertiary/aromatic N) is 2. The van der Waals surface area contributed by atoms with Gasteiger partial charge in [0.05, 0.1) is 16.9 Å². The molecule has 0 unspecified atom stereocenters. The summed E-state index contributed by atoms with van der Waals surface area (Å²) in [5.41, 5.74) is 11.0. The largest absolute Gasteiger partial charge is 0.480 e. The number of nitrogens with one attached hydrogen (secondary N) is 3. The molecule has 0 saturated carbocycles. The van der Waals surface area contributed by atoms with E-state index in [0.29, 0.717) is 44.6 Å². The molecule has 2 aromatic heterocycles. The molecule has 2 heterocycles. The van der Waals surface area contributed by atoms with E-state index in [4.69, 9.17) is 5.73 Å². The Labute approximate surface area is 280 Å². The van der Waals surface area contributed by atoms with Gasteiger partial charge in [0.2, 0.25) is 0 Å². The van der Waals surface area contributed by atoms with Gasteiger partial charge in [0.25, 0.3) is 5.91 Å². The van der Waals surface area contributed by atoms with Crippen LogP contribution in [0.1, 0.15) is 40.0 Å². The van der Waals surface area contributed by atoms with Gasteiger partial charge in [0, 0.05) is 43.0 Å². The Morgan fingerprint density at radius 1 is 0.750 bits per heavy atom. The van der Waals surface area contributed by atoms with Crippen LogP contribution in [0.5, 0.6) is 0 Å². The molecule has 0 saturated heterocycles. The molecule has 0 bridgehead atoms. The van der Waals surface area contributed by atoms with Crippen LogP contribution in [0, 0.1) is 0 Å². The summed E-state index contributed by atoms with van der Waals surface area (Å²) >= 11 is 0. The lowest BCUT2D eigenvalue weighted by atomic mass is 10.1. The van der Waals surface area contributed by atoms with Crippen molar-refractivity contribution in [1.82, 2.24) is 20.6 Å². The predicted octanol–water partition coefficient (Wildman–Crippen LogP) is 6.29. The number of amides is 1. The number of aliphatic carboxylic acids is 1. The average molecular weight is 641 g/mol. The second kappa shape index (κ2) is 17.3. The summed E-state index contributed by atoms with van der Waals surface area (Å²) in [6, 6.07) is 36.3. The van der Waals surface area contributed by atoms with E-state index in [1.165, 1.54) is 16.3 Å². The van der Waals surface area contributed by atoms with Crippen molar-refractivity contribution in [3.63, 3.8) is 0 Å². The van der Waals surface area contributed by atoms with E-state index in [2.05, 4.69) is 50.2 Å². The van der Waals surface area contributed by atoms with Crippen LogP contribution in [0.3, 0.4) is 0 Å². The first-order valence-corrected chi connectivity index (χ1v) is 16.0. The number of anilines is 1. The van der Waals surface area contributed by atoms with Crippen LogP contribution in [0.2, 0.25) is 0 Å². The molecule has 0 aliphatic rings. The van der Waals surface area contributed by atoms with E-state index in [1.807, 2.05) is 78.9 Å². The number of aromatic nitrogens is 2. The van der Waals surface area contributed by atoms with Crippen molar-refractivity contribution in [1.29, 1.82) is 0 Å². The maximum absolute atomic E-state index is 12.6. The molecule has 0 aliphatic carbocycles. The maximum Gasteiger partial charge on any atom is 0.326 e. The maximum atomic E-state index is 12.6. The topological polar surface area (TPSA) is 142 Å². The van der Waals surface area contributed by atoms with Crippen molar-refractivity contribution >= 4 is 39.2 Å². The summed E-state index contributed by atoms with van der Waals surface area (Å²) in [6.07, 6.45) is 4.44. The van der Waals surface area contributed by atoms with E-state index in [-0.39, 0.29) is 0 Å². The van der Waals surface area contributed by atoms with E-state index in [1.54, 1.807) is 24.5 Å². The molecule has 1 atom stereocenters. The Morgan fingerprint density at radius 3 is 2.27 bits per heavy atom. The smallest absolute Gasteiger partial charge is 0.326 e. The quantitative estimate of drug-likeness (QED) is 0.0927. The molecule has 0 aliphatic heterocycles. The number of para-hydroxylation sites is 1. The van der Waals surface area contributed by atoms with E-state index in [0.717, 1.165) is 27.8 Å². The minimum Gasteiger partial charge on any atom is -0.480 e. The molecule has 48 heavy (non-hydrogen) atoms. The van der Waals surface area contributed by atoms with Crippen molar-refractivity contribution in [2.24, 2.45) is 5.73 Å². The molecule has 6 rings (SSSR count). The lowest BCUT2D eigenvalue weighted by molar-refractivity contribution is -0.139. The minimum atomic E-state index is -1.04. The summed E-state index contributed by atoms with van der Waals surface area (Å²) in [6.45, 7) is 2.43. The Morgan fingerprint density at radius 2 is 1.48 bits per heavy atom. The number of carbonyl (C=O) groups excluding carboxylic acids is 1. The number of carbonyl (C=O) groups is 2. The molecule has 244 valence electrons. The van der Waals surface area contributed by atoms with E-state index < -0.39 is 17.9 Å². The van der Waals surface area contributed by atoms with Crippen LogP contribution in [-0.4, -0.2) is 39.5 Å². The van der Waals surface area contributed by atoms with Gasteiger partial charge < -0.3 is 26.8 Å². The van der Waals surface area contributed by atoms with Gasteiger partial charge in [-0.05, 0) is 77.7 Å². The summed E-state index contributed by atoms with van der Waals surface area (Å²) in [5, 5.41) is 22.4. The lowest BCUT2D eigenvalue weighted by Gasteiger charge is -2.15. The number of carboxylic acid groups (broad SMARTS) is 1. The molecular weight excluding hydrogens is 600 g/mol. The minimum absolute atomic E-state index is 0.331. The number of benzene rings is 4. The number of nitrogens with two attached hydrogens (primary N) is 1. The zero-order valence-corrected chi connectivity index (χ0v) is 26.7. The van der Waals surface area contributed by atoms with Gasteiger partial charge in [-0.15, -0.1) is 0 Å². The van der Waals surface area contributed by atoms with Crippen molar-refractivity contribution in [2.75, 3.05) is 11.9 Å². The second-order valence-corrected chi connectivity index (χ2v) is 11.3. The third-order valence-corrected chi connectivity index (χ3v) is 7.91. The molecular formula is C39H40N6O3. The summed E-state index contributed by atoms with van der Waals surface area (Å²) in [5.74, 6) is -1.45. The molecule has 1 amide bonds. The molecule has 6 N–H and O–H groups in total.